The molecule has 0 atom stereocenters. The van der Waals surface area contributed by atoms with Crippen molar-refractivity contribution in [2.75, 3.05) is 0 Å². The zero-order valence-electron chi connectivity index (χ0n) is 41.9. The van der Waals surface area contributed by atoms with Crippen LogP contribution in [0.15, 0.2) is 315 Å². The Morgan fingerprint density at radius 2 is 0.474 bits per heavy atom. The lowest BCUT2D eigenvalue weighted by Crippen LogP contribution is -2.78. The first-order chi connectivity index (χ1) is 37.7. The molecule has 0 fully saturated rings. The summed E-state index contributed by atoms with van der Waals surface area (Å²) in [7, 11) is -6.26. The second-order valence-corrected chi connectivity index (χ2v) is 27.5. The number of nitrogens with zero attached hydrogens (tertiary/aromatic N) is 2. The molecule has 0 aliphatic heterocycles. The molecule has 0 bridgehead atoms. The van der Waals surface area contributed by atoms with E-state index in [1.54, 1.807) is 0 Å². The number of benzene rings is 12. The van der Waals surface area contributed by atoms with Gasteiger partial charge in [0.15, 0.2) is 16.1 Å². The Labute approximate surface area is 445 Å². The van der Waals surface area contributed by atoms with E-state index in [2.05, 4.69) is 325 Å². The molecule has 4 heteroatoms. The largest absolute Gasteiger partial charge is 0.309 e. The van der Waals surface area contributed by atoms with Crippen molar-refractivity contribution in [3.8, 4) is 22.5 Å². The molecule has 358 valence electrons. The van der Waals surface area contributed by atoms with Gasteiger partial charge >= 0.3 is 0 Å². The molecular weight excluding hydrogens is 949 g/mol. The number of hydrogen-bond acceptors (Lipinski definition) is 0. The lowest BCUT2D eigenvalue weighted by Gasteiger charge is -2.38. The molecule has 2 aromatic heterocycles. The summed E-state index contributed by atoms with van der Waals surface area (Å²) in [6.07, 6.45) is 0. The molecule has 12 aromatic carbocycles. The Balaban J connectivity index is 1.15. The van der Waals surface area contributed by atoms with Crippen LogP contribution in [0.4, 0.5) is 0 Å². The first-order valence-corrected chi connectivity index (χ1v) is 30.3. The van der Waals surface area contributed by atoms with Gasteiger partial charge in [0.1, 0.15) is 0 Å². The summed E-state index contributed by atoms with van der Waals surface area (Å²) in [5, 5.41) is 15.7. The Hall–Kier alpha value is -9.33. The maximum absolute atomic E-state index is 3.13. The van der Waals surface area contributed by atoms with E-state index in [1.807, 2.05) is 0 Å². The van der Waals surface area contributed by atoms with Crippen LogP contribution in [-0.4, -0.2) is 25.3 Å². The van der Waals surface area contributed by atoms with Gasteiger partial charge in [-0.15, -0.1) is 0 Å². The van der Waals surface area contributed by atoms with E-state index < -0.39 is 16.1 Å². The second-order valence-electron chi connectivity index (χ2n) is 19.9. The molecule has 0 spiro atoms. The van der Waals surface area contributed by atoms with Crippen LogP contribution in [-0.2, 0) is 0 Å². The zero-order chi connectivity index (χ0) is 50.5. The molecule has 2 nitrogen and oxygen atoms in total. The molecule has 14 rings (SSSR count). The summed E-state index contributed by atoms with van der Waals surface area (Å²) >= 11 is 0. The minimum atomic E-state index is -3.13. The fraction of sp³-hybridized carbons (Fsp3) is 0. The van der Waals surface area contributed by atoms with Crippen LogP contribution in [0.3, 0.4) is 0 Å². The van der Waals surface area contributed by atoms with Gasteiger partial charge in [-0.05, 0) is 101 Å². The number of para-hydroxylation sites is 3. The molecule has 0 saturated heterocycles. The van der Waals surface area contributed by atoms with E-state index in [0.717, 1.165) is 11.4 Å². The van der Waals surface area contributed by atoms with Crippen LogP contribution >= 0.6 is 0 Å². The normalized spacial score (nSPS) is 11.9. The van der Waals surface area contributed by atoms with E-state index in [4.69, 9.17) is 0 Å². The lowest BCUT2D eigenvalue weighted by molar-refractivity contribution is 1.18. The van der Waals surface area contributed by atoms with Gasteiger partial charge in [-0.3, -0.25) is 0 Å². The Bertz CT molecular complexity index is 4030. The number of rotatable bonds is 11. The number of fused-ring (bicyclic) bond motifs is 6. The lowest BCUT2D eigenvalue weighted by atomic mass is 9.95. The molecule has 0 saturated carbocycles. The average Bonchev–Trinajstić information content (AvgIpc) is 4.18. The number of hydrogen-bond donors (Lipinski definition) is 0. The minimum absolute atomic E-state index is 1.15. The molecule has 2 heterocycles. The van der Waals surface area contributed by atoms with Crippen LogP contribution < -0.4 is 41.5 Å². The van der Waals surface area contributed by atoms with Crippen molar-refractivity contribution in [2.24, 2.45) is 0 Å². The van der Waals surface area contributed by atoms with Crippen LogP contribution in [0.25, 0.3) is 66.1 Å². The third-order valence-corrected chi connectivity index (χ3v) is 25.5. The third-order valence-electron chi connectivity index (χ3n) is 16.0. The predicted molar refractivity (Wildman–Crippen MR) is 328 cm³/mol. The molecule has 0 aliphatic carbocycles. The molecule has 0 aliphatic rings. The van der Waals surface area contributed by atoms with E-state index in [1.165, 1.54) is 96.2 Å². The maximum atomic E-state index is 2.66. The van der Waals surface area contributed by atoms with Gasteiger partial charge < -0.3 is 9.13 Å². The molecule has 0 radical (unpaired) electrons. The van der Waals surface area contributed by atoms with Crippen molar-refractivity contribution < 1.29 is 0 Å². The standard InChI is InChI=1S/C72H52N2Si2/c1-8-28-53(29-9-1)73-67-46-24-22-42-65(67)71-63(44-26-48-69(71)73)64-45-27-49-70-72(64)66-43-23-25-47-68(66)74(70)54-50-61(75(55-30-10-2-11-31-55,56-32-12-3-13-33-56)57-34-14-4-15-35-57)52-62(51-54)76(58-36-16-5-17-37-58,59-38-18-6-19-39-59)60-40-20-7-21-41-60/h1-52H. The van der Waals surface area contributed by atoms with E-state index in [0.29, 0.717) is 0 Å². The minimum Gasteiger partial charge on any atom is -0.309 e. The maximum Gasteiger partial charge on any atom is 0.179 e. The van der Waals surface area contributed by atoms with Gasteiger partial charge in [-0.1, -0.05) is 267 Å². The molecular formula is C72H52N2Si2. The highest BCUT2D eigenvalue weighted by Gasteiger charge is 2.46. The smallest absolute Gasteiger partial charge is 0.179 e. The summed E-state index contributed by atoms with van der Waals surface area (Å²) in [6.45, 7) is 0. The van der Waals surface area contributed by atoms with Gasteiger partial charge in [0.25, 0.3) is 0 Å². The third kappa shape index (κ3) is 7.06. The highest BCUT2D eigenvalue weighted by Crippen LogP contribution is 2.44. The molecule has 76 heavy (non-hydrogen) atoms. The zero-order valence-corrected chi connectivity index (χ0v) is 43.9. The fourth-order valence-electron chi connectivity index (χ4n) is 12.9. The van der Waals surface area contributed by atoms with Crippen LogP contribution in [0.5, 0.6) is 0 Å². The monoisotopic (exact) mass is 1000 g/mol. The van der Waals surface area contributed by atoms with Gasteiger partial charge in [0.05, 0.1) is 22.1 Å². The first kappa shape index (κ1) is 45.3. The second kappa shape index (κ2) is 18.9. The van der Waals surface area contributed by atoms with E-state index >= 15 is 0 Å². The predicted octanol–water partition coefficient (Wildman–Crippen LogP) is 12.3. The summed E-state index contributed by atoms with van der Waals surface area (Å²) in [5.74, 6) is 0. The summed E-state index contributed by atoms with van der Waals surface area (Å²) < 4.78 is 5.02. The van der Waals surface area contributed by atoms with Crippen molar-refractivity contribution in [3.63, 3.8) is 0 Å². The molecule has 0 amide bonds. The van der Waals surface area contributed by atoms with Crippen molar-refractivity contribution in [1.29, 1.82) is 0 Å². The summed E-state index contributed by atoms with van der Waals surface area (Å²) in [4.78, 5) is 0. The van der Waals surface area contributed by atoms with Gasteiger partial charge in [0, 0.05) is 32.9 Å². The highest BCUT2D eigenvalue weighted by molar-refractivity contribution is 7.22. The van der Waals surface area contributed by atoms with Crippen molar-refractivity contribution in [3.05, 3.63) is 315 Å². The van der Waals surface area contributed by atoms with E-state index in [9.17, 15) is 0 Å². The quantitative estimate of drug-likeness (QED) is 0.0903. The van der Waals surface area contributed by atoms with Gasteiger partial charge in [0.2, 0.25) is 0 Å². The summed E-state index contributed by atoms with van der Waals surface area (Å²) in [6, 6.07) is 119. The SMILES string of the molecule is c1ccc(-n2c3ccccc3c3c(-c4cccc5c4c4ccccc4n5-c4cc([Si](c5ccccc5)(c5ccccc5)c5ccccc5)cc([Si](c5ccccc5)(c5ccccc5)c5ccccc5)c4)cccc32)cc1. The fourth-order valence-corrected chi connectivity index (χ4v) is 22.7. The Kier molecular flexibility index (Phi) is 11.2. The van der Waals surface area contributed by atoms with Gasteiger partial charge in [-0.25, -0.2) is 0 Å². The molecule has 0 unspecified atom stereocenters. The van der Waals surface area contributed by atoms with E-state index in [-0.39, 0.29) is 0 Å². The Morgan fingerprint density at radius 1 is 0.197 bits per heavy atom. The Morgan fingerprint density at radius 3 is 0.816 bits per heavy atom. The molecule has 14 aromatic rings. The first-order valence-electron chi connectivity index (χ1n) is 26.3. The van der Waals surface area contributed by atoms with Gasteiger partial charge in [-0.2, -0.15) is 0 Å². The molecule has 0 N–H and O–H groups in total. The highest BCUT2D eigenvalue weighted by atomic mass is 28.3. The van der Waals surface area contributed by atoms with Crippen molar-refractivity contribution >= 4 is 101 Å². The van der Waals surface area contributed by atoms with Crippen LogP contribution in [0.1, 0.15) is 0 Å². The number of aromatic nitrogens is 2. The van der Waals surface area contributed by atoms with Crippen LogP contribution in [0.2, 0.25) is 0 Å². The van der Waals surface area contributed by atoms with Crippen molar-refractivity contribution in [1.82, 2.24) is 9.13 Å². The van der Waals surface area contributed by atoms with Crippen molar-refractivity contribution in [2.45, 2.75) is 0 Å². The van der Waals surface area contributed by atoms with Crippen LogP contribution in [0, 0.1) is 0 Å². The topological polar surface area (TPSA) is 9.86 Å². The average molecular weight is 1000 g/mol. The summed E-state index contributed by atoms with van der Waals surface area (Å²) in [5.41, 5.74) is 9.46.